The summed E-state index contributed by atoms with van der Waals surface area (Å²) in [5, 5.41) is 3.54. The van der Waals surface area contributed by atoms with Gasteiger partial charge in [0.15, 0.2) is 0 Å². The number of nitrogens with zero attached hydrogens (tertiary/aromatic N) is 1. The molecule has 1 heterocycles. The molecule has 0 saturated carbocycles. The monoisotopic (exact) mass is 242 g/mol. The lowest BCUT2D eigenvalue weighted by atomic mass is 10.2. The number of nitrogens with one attached hydrogen (secondary N) is 1. The molecular formula is C14H30N2O. The van der Waals surface area contributed by atoms with Crippen molar-refractivity contribution < 1.29 is 4.74 Å². The molecule has 102 valence electrons. The van der Waals surface area contributed by atoms with Crippen molar-refractivity contribution in [2.24, 2.45) is 5.92 Å². The molecule has 0 spiro atoms. The van der Waals surface area contributed by atoms with E-state index in [0.717, 1.165) is 13.2 Å². The first-order chi connectivity index (χ1) is 8.18. The highest BCUT2D eigenvalue weighted by Gasteiger charge is 2.10. The van der Waals surface area contributed by atoms with Gasteiger partial charge < -0.3 is 15.0 Å². The van der Waals surface area contributed by atoms with Crippen molar-refractivity contribution in [3.63, 3.8) is 0 Å². The standard InChI is InChI=1S/C14H30N2O/c1-13(2)12-17-11-5-9-16-8-4-7-15-14(3)6-10-16/h13-15H,4-12H2,1-3H3. The van der Waals surface area contributed by atoms with Gasteiger partial charge in [-0.3, -0.25) is 0 Å². The molecule has 1 aliphatic rings. The van der Waals surface area contributed by atoms with Crippen LogP contribution in [0, 0.1) is 5.92 Å². The van der Waals surface area contributed by atoms with E-state index in [-0.39, 0.29) is 0 Å². The minimum atomic E-state index is 0.656. The Morgan fingerprint density at radius 2 is 2.18 bits per heavy atom. The molecule has 1 rings (SSSR count). The SMILES string of the molecule is CC(C)COCCCN1CCCNC(C)CC1. The highest BCUT2D eigenvalue weighted by Crippen LogP contribution is 2.03. The van der Waals surface area contributed by atoms with Gasteiger partial charge in [0.25, 0.3) is 0 Å². The molecule has 0 aliphatic carbocycles. The molecule has 0 amide bonds. The quantitative estimate of drug-likeness (QED) is 0.722. The molecule has 1 fully saturated rings. The Balaban J connectivity index is 2.04. The van der Waals surface area contributed by atoms with Crippen molar-refractivity contribution in [3.8, 4) is 0 Å². The molecule has 0 aromatic heterocycles. The summed E-state index contributed by atoms with van der Waals surface area (Å²) in [4.78, 5) is 2.59. The maximum Gasteiger partial charge on any atom is 0.0489 e. The molecule has 17 heavy (non-hydrogen) atoms. The van der Waals surface area contributed by atoms with Crippen LogP contribution in [-0.4, -0.2) is 50.3 Å². The van der Waals surface area contributed by atoms with Gasteiger partial charge in [0.05, 0.1) is 0 Å². The van der Waals surface area contributed by atoms with Crippen molar-refractivity contribution in [3.05, 3.63) is 0 Å². The third kappa shape index (κ3) is 7.74. The smallest absolute Gasteiger partial charge is 0.0489 e. The van der Waals surface area contributed by atoms with E-state index in [1.807, 2.05) is 0 Å². The lowest BCUT2D eigenvalue weighted by Gasteiger charge is -2.27. The average molecular weight is 242 g/mol. The molecule has 1 saturated heterocycles. The number of hydrogen-bond donors (Lipinski definition) is 1. The molecule has 1 unspecified atom stereocenters. The molecule has 0 radical (unpaired) electrons. The Morgan fingerprint density at radius 1 is 1.35 bits per heavy atom. The lowest BCUT2D eigenvalue weighted by Crippen LogP contribution is -2.39. The minimum absolute atomic E-state index is 0.656. The van der Waals surface area contributed by atoms with Crippen LogP contribution in [0.2, 0.25) is 0 Å². The van der Waals surface area contributed by atoms with E-state index in [9.17, 15) is 0 Å². The molecule has 3 nitrogen and oxygen atoms in total. The maximum absolute atomic E-state index is 5.62. The van der Waals surface area contributed by atoms with Crippen LogP contribution in [0.15, 0.2) is 0 Å². The summed E-state index contributed by atoms with van der Waals surface area (Å²) in [7, 11) is 0. The highest BCUT2D eigenvalue weighted by atomic mass is 16.5. The summed E-state index contributed by atoms with van der Waals surface area (Å²) < 4.78 is 5.62. The van der Waals surface area contributed by atoms with Crippen molar-refractivity contribution >= 4 is 0 Å². The largest absolute Gasteiger partial charge is 0.381 e. The predicted molar refractivity (Wildman–Crippen MR) is 73.4 cm³/mol. The highest BCUT2D eigenvalue weighted by molar-refractivity contribution is 4.69. The van der Waals surface area contributed by atoms with Crippen LogP contribution in [0.1, 0.15) is 40.0 Å². The number of hydrogen-bond acceptors (Lipinski definition) is 3. The summed E-state index contributed by atoms with van der Waals surface area (Å²) in [6, 6.07) is 0.676. The summed E-state index contributed by atoms with van der Waals surface area (Å²) >= 11 is 0. The van der Waals surface area contributed by atoms with Crippen LogP contribution in [0.4, 0.5) is 0 Å². The molecule has 3 heteroatoms. The molecule has 0 bridgehead atoms. The van der Waals surface area contributed by atoms with Crippen molar-refractivity contribution in [2.45, 2.75) is 46.1 Å². The second-order valence-electron chi connectivity index (χ2n) is 5.66. The first kappa shape index (κ1) is 14.9. The van der Waals surface area contributed by atoms with E-state index in [2.05, 4.69) is 31.0 Å². The fourth-order valence-corrected chi connectivity index (χ4v) is 2.17. The molecule has 1 aliphatic heterocycles. The van der Waals surface area contributed by atoms with Gasteiger partial charge in [-0.05, 0) is 51.7 Å². The van der Waals surface area contributed by atoms with E-state index >= 15 is 0 Å². The van der Waals surface area contributed by atoms with Gasteiger partial charge in [-0.1, -0.05) is 13.8 Å². The molecule has 1 atom stereocenters. The minimum Gasteiger partial charge on any atom is -0.381 e. The Morgan fingerprint density at radius 3 is 2.94 bits per heavy atom. The van der Waals surface area contributed by atoms with E-state index in [1.165, 1.54) is 45.4 Å². The second kappa shape index (κ2) is 8.90. The Hall–Kier alpha value is -0.120. The summed E-state index contributed by atoms with van der Waals surface area (Å²) in [6.07, 6.45) is 3.72. The van der Waals surface area contributed by atoms with Gasteiger partial charge in [0, 0.05) is 25.8 Å². The van der Waals surface area contributed by atoms with Gasteiger partial charge in [-0.25, -0.2) is 0 Å². The van der Waals surface area contributed by atoms with Gasteiger partial charge in [0.2, 0.25) is 0 Å². The van der Waals surface area contributed by atoms with Crippen molar-refractivity contribution in [1.29, 1.82) is 0 Å². The van der Waals surface area contributed by atoms with Gasteiger partial charge >= 0.3 is 0 Å². The van der Waals surface area contributed by atoms with Gasteiger partial charge in [-0.2, -0.15) is 0 Å². The summed E-state index contributed by atoms with van der Waals surface area (Å²) in [6.45, 7) is 13.4. The molecule has 0 aromatic rings. The fraction of sp³-hybridized carbons (Fsp3) is 1.00. The van der Waals surface area contributed by atoms with Crippen LogP contribution in [0.25, 0.3) is 0 Å². The van der Waals surface area contributed by atoms with Crippen LogP contribution in [0.3, 0.4) is 0 Å². The Bertz CT molecular complexity index is 185. The van der Waals surface area contributed by atoms with Crippen LogP contribution in [0.5, 0.6) is 0 Å². The van der Waals surface area contributed by atoms with Gasteiger partial charge in [-0.15, -0.1) is 0 Å². The van der Waals surface area contributed by atoms with Crippen molar-refractivity contribution in [2.75, 3.05) is 39.4 Å². The zero-order chi connectivity index (χ0) is 12.5. The van der Waals surface area contributed by atoms with Crippen LogP contribution < -0.4 is 5.32 Å². The lowest BCUT2D eigenvalue weighted by molar-refractivity contribution is 0.0979. The molecule has 0 aromatic carbocycles. The third-order valence-electron chi connectivity index (χ3n) is 3.24. The Kier molecular flexibility index (Phi) is 7.82. The zero-order valence-corrected chi connectivity index (χ0v) is 11.9. The second-order valence-corrected chi connectivity index (χ2v) is 5.66. The molecular weight excluding hydrogens is 212 g/mol. The number of ether oxygens (including phenoxy) is 1. The normalized spacial score (nSPS) is 23.6. The summed E-state index contributed by atoms with van der Waals surface area (Å²) in [5.74, 6) is 0.656. The Labute approximate surface area is 107 Å². The number of rotatable bonds is 6. The maximum atomic E-state index is 5.62. The van der Waals surface area contributed by atoms with E-state index < -0.39 is 0 Å². The average Bonchev–Trinajstić information content (AvgIpc) is 2.26. The first-order valence-electron chi connectivity index (χ1n) is 7.22. The van der Waals surface area contributed by atoms with Crippen LogP contribution in [-0.2, 0) is 4.74 Å². The molecule has 1 N–H and O–H groups in total. The van der Waals surface area contributed by atoms with Crippen LogP contribution >= 0.6 is 0 Å². The third-order valence-corrected chi connectivity index (χ3v) is 3.24. The van der Waals surface area contributed by atoms with E-state index in [1.54, 1.807) is 0 Å². The van der Waals surface area contributed by atoms with E-state index in [4.69, 9.17) is 4.74 Å². The fourth-order valence-electron chi connectivity index (χ4n) is 2.17. The summed E-state index contributed by atoms with van der Waals surface area (Å²) in [5.41, 5.74) is 0. The topological polar surface area (TPSA) is 24.5 Å². The zero-order valence-electron chi connectivity index (χ0n) is 11.9. The first-order valence-corrected chi connectivity index (χ1v) is 7.22. The van der Waals surface area contributed by atoms with Crippen molar-refractivity contribution in [1.82, 2.24) is 10.2 Å². The van der Waals surface area contributed by atoms with E-state index in [0.29, 0.717) is 12.0 Å². The van der Waals surface area contributed by atoms with Gasteiger partial charge in [0.1, 0.15) is 0 Å². The predicted octanol–water partition coefficient (Wildman–Crippen LogP) is 2.12.